The second kappa shape index (κ2) is 6.23. The highest BCUT2D eigenvalue weighted by Gasteiger charge is 2.42. The summed E-state index contributed by atoms with van der Waals surface area (Å²) in [6.45, 7) is 12.1. The van der Waals surface area contributed by atoms with E-state index in [0.717, 1.165) is 25.9 Å². The monoisotopic (exact) mass is 267 g/mol. The summed E-state index contributed by atoms with van der Waals surface area (Å²) < 4.78 is 0. The van der Waals surface area contributed by atoms with Crippen LogP contribution in [0.1, 0.15) is 47.0 Å². The van der Waals surface area contributed by atoms with Gasteiger partial charge in [0.15, 0.2) is 0 Å². The minimum atomic E-state index is 0.0173. The largest absolute Gasteiger partial charge is 0.323 e. The summed E-state index contributed by atoms with van der Waals surface area (Å²) in [5.74, 6) is 0.691. The molecule has 4 heteroatoms. The Kier molecular flexibility index (Phi) is 4.85. The number of carbonyl (C=O) groups excluding carboxylic acids is 1. The summed E-state index contributed by atoms with van der Waals surface area (Å²) in [6, 6.07) is 0.454. The van der Waals surface area contributed by atoms with Crippen LogP contribution in [0.5, 0.6) is 0 Å². The predicted octanol–water partition coefficient (Wildman–Crippen LogP) is 1.66. The van der Waals surface area contributed by atoms with Crippen LogP contribution in [0, 0.1) is 5.92 Å². The van der Waals surface area contributed by atoms with Crippen molar-refractivity contribution < 1.29 is 4.79 Å². The molecule has 110 valence electrons. The molecular weight excluding hydrogens is 238 g/mol. The van der Waals surface area contributed by atoms with Crippen molar-refractivity contribution in [3.63, 3.8) is 0 Å². The second-order valence-corrected chi connectivity index (χ2v) is 6.38. The van der Waals surface area contributed by atoms with E-state index in [9.17, 15) is 4.79 Å². The first-order chi connectivity index (χ1) is 9.04. The summed E-state index contributed by atoms with van der Waals surface area (Å²) in [5, 5.41) is 3.45. The molecule has 0 aromatic carbocycles. The van der Waals surface area contributed by atoms with Gasteiger partial charge in [-0.05, 0) is 38.6 Å². The predicted molar refractivity (Wildman–Crippen MR) is 77.8 cm³/mol. The third kappa shape index (κ3) is 3.11. The topological polar surface area (TPSA) is 35.6 Å². The van der Waals surface area contributed by atoms with E-state index in [1.807, 2.05) is 0 Å². The van der Waals surface area contributed by atoms with Gasteiger partial charge in [0.25, 0.3) is 0 Å². The number of hydrogen-bond acceptors (Lipinski definition) is 3. The molecule has 0 aliphatic carbocycles. The molecule has 2 aliphatic heterocycles. The number of likely N-dealkylation sites (tertiary alicyclic amines) is 1. The number of nitrogens with one attached hydrogen (secondary N) is 1. The number of rotatable bonds is 4. The lowest BCUT2D eigenvalue weighted by atomic mass is 10.0. The number of carbonyl (C=O) groups is 1. The van der Waals surface area contributed by atoms with Gasteiger partial charge in [0.05, 0.1) is 12.2 Å². The summed E-state index contributed by atoms with van der Waals surface area (Å²) in [7, 11) is 0. The zero-order valence-electron chi connectivity index (χ0n) is 12.9. The summed E-state index contributed by atoms with van der Waals surface area (Å²) in [4.78, 5) is 17.2. The molecule has 0 aromatic rings. The Morgan fingerprint density at radius 2 is 1.95 bits per heavy atom. The minimum Gasteiger partial charge on any atom is -0.323 e. The Hall–Kier alpha value is -0.610. The molecule has 2 aliphatic rings. The van der Waals surface area contributed by atoms with Crippen molar-refractivity contribution in [2.75, 3.05) is 19.6 Å². The molecule has 0 spiro atoms. The van der Waals surface area contributed by atoms with Crippen LogP contribution >= 0.6 is 0 Å². The lowest BCUT2D eigenvalue weighted by Crippen LogP contribution is -2.49. The fourth-order valence-electron chi connectivity index (χ4n) is 3.47. The smallest absolute Gasteiger partial charge is 0.241 e. The van der Waals surface area contributed by atoms with Gasteiger partial charge in [-0.2, -0.15) is 0 Å². The van der Waals surface area contributed by atoms with Gasteiger partial charge >= 0.3 is 0 Å². The van der Waals surface area contributed by atoms with Gasteiger partial charge in [-0.15, -0.1) is 0 Å². The average molecular weight is 267 g/mol. The lowest BCUT2D eigenvalue weighted by molar-refractivity contribution is -0.133. The van der Waals surface area contributed by atoms with Gasteiger partial charge < -0.3 is 9.80 Å². The van der Waals surface area contributed by atoms with Crippen LogP contribution < -0.4 is 5.32 Å². The first-order valence-electron chi connectivity index (χ1n) is 7.85. The number of hydrogen-bond donors (Lipinski definition) is 1. The van der Waals surface area contributed by atoms with Crippen LogP contribution in [0.2, 0.25) is 0 Å². The molecule has 19 heavy (non-hydrogen) atoms. The van der Waals surface area contributed by atoms with Crippen LogP contribution in [-0.2, 0) is 4.79 Å². The molecule has 0 bridgehead atoms. The highest BCUT2D eigenvalue weighted by atomic mass is 16.2. The Bertz CT molecular complexity index is 311. The highest BCUT2D eigenvalue weighted by Crippen LogP contribution is 2.25. The van der Waals surface area contributed by atoms with Crippen molar-refractivity contribution in [3.8, 4) is 0 Å². The fourth-order valence-corrected chi connectivity index (χ4v) is 3.47. The van der Waals surface area contributed by atoms with E-state index < -0.39 is 0 Å². The Balaban J connectivity index is 1.94. The Labute approximate surface area is 117 Å². The molecule has 2 heterocycles. The SMILES string of the molecule is CCCN1CCC(N2C(=O)C(C(C)C)NC2C)CC1. The molecule has 1 amide bonds. The van der Waals surface area contributed by atoms with E-state index in [-0.39, 0.29) is 12.2 Å². The van der Waals surface area contributed by atoms with Crippen molar-refractivity contribution in [1.82, 2.24) is 15.1 Å². The van der Waals surface area contributed by atoms with Crippen molar-refractivity contribution in [3.05, 3.63) is 0 Å². The average Bonchev–Trinajstić information content (AvgIpc) is 2.67. The first-order valence-corrected chi connectivity index (χ1v) is 7.85. The number of amides is 1. The molecule has 2 fully saturated rings. The van der Waals surface area contributed by atoms with Crippen LogP contribution in [0.25, 0.3) is 0 Å². The quantitative estimate of drug-likeness (QED) is 0.841. The minimum absolute atomic E-state index is 0.0173. The number of piperidine rings is 1. The van der Waals surface area contributed by atoms with Gasteiger partial charge in [-0.1, -0.05) is 20.8 Å². The van der Waals surface area contributed by atoms with Crippen LogP contribution in [-0.4, -0.2) is 53.6 Å². The summed E-state index contributed by atoms with van der Waals surface area (Å²) in [5.41, 5.74) is 0. The van der Waals surface area contributed by atoms with Crippen molar-refractivity contribution in [2.45, 2.75) is 65.2 Å². The molecule has 0 radical (unpaired) electrons. The van der Waals surface area contributed by atoms with Gasteiger partial charge in [0.2, 0.25) is 5.91 Å². The molecular formula is C15H29N3O. The van der Waals surface area contributed by atoms with E-state index in [4.69, 9.17) is 0 Å². The van der Waals surface area contributed by atoms with Crippen molar-refractivity contribution in [2.24, 2.45) is 5.92 Å². The molecule has 1 N–H and O–H groups in total. The van der Waals surface area contributed by atoms with E-state index in [2.05, 4.69) is 42.8 Å². The third-order valence-corrected chi connectivity index (χ3v) is 4.52. The van der Waals surface area contributed by atoms with Gasteiger partial charge in [0, 0.05) is 19.1 Å². The van der Waals surface area contributed by atoms with Gasteiger partial charge in [0.1, 0.15) is 0 Å². The lowest BCUT2D eigenvalue weighted by Gasteiger charge is -2.38. The number of nitrogens with zero attached hydrogens (tertiary/aromatic N) is 2. The van der Waals surface area contributed by atoms with Crippen molar-refractivity contribution in [1.29, 1.82) is 0 Å². The van der Waals surface area contributed by atoms with Crippen molar-refractivity contribution >= 4 is 5.91 Å². The molecule has 0 saturated carbocycles. The summed E-state index contributed by atoms with van der Waals surface area (Å²) >= 11 is 0. The summed E-state index contributed by atoms with van der Waals surface area (Å²) in [6.07, 6.45) is 3.67. The maximum absolute atomic E-state index is 12.5. The molecule has 2 unspecified atom stereocenters. The standard InChI is InChI=1S/C15H29N3O/c1-5-8-17-9-6-13(7-10-17)18-12(4)16-14(11(2)3)15(18)19/h11-14,16H,5-10H2,1-4H3. The maximum atomic E-state index is 12.5. The Morgan fingerprint density at radius 1 is 1.32 bits per heavy atom. The van der Waals surface area contributed by atoms with Crippen LogP contribution in [0.3, 0.4) is 0 Å². The van der Waals surface area contributed by atoms with Crippen LogP contribution in [0.15, 0.2) is 0 Å². The molecule has 2 rings (SSSR count). The normalized spacial score (nSPS) is 30.6. The van der Waals surface area contributed by atoms with E-state index in [1.54, 1.807) is 0 Å². The zero-order valence-corrected chi connectivity index (χ0v) is 12.9. The Morgan fingerprint density at radius 3 is 2.42 bits per heavy atom. The van der Waals surface area contributed by atoms with E-state index in [1.165, 1.54) is 13.0 Å². The molecule has 2 atom stereocenters. The first kappa shape index (κ1) is 14.8. The van der Waals surface area contributed by atoms with Crippen LogP contribution in [0.4, 0.5) is 0 Å². The van der Waals surface area contributed by atoms with E-state index in [0.29, 0.717) is 17.9 Å². The second-order valence-electron chi connectivity index (χ2n) is 6.38. The molecule has 4 nitrogen and oxygen atoms in total. The fraction of sp³-hybridized carbons (Fsp3) is 0.933. The highest BCUT2D eigenvalue weighted by molar-refractivity contribution is 5.84. The van der Waals surface area contributed by atoms with E-state index >= 15 is 0 Å². The maximum Gasteiger partial charge on any atom is 0.241 e. The third-order valence-electron chi connectivity index (χ3n) is 4.52. The zero-order chi connectivity index (χ0) is 14.0. The van der Waals surface area contributed by atoms with Gasteiger partial charge in [-0.25, -0.2) is 0 Å². The molecule has 0 aromatic heterocycles. The molecule has 2 saturated heterocycles. The van der Waals surface area contributed by atoms with Gasteiger partial charge in [-0.3, -0.25) is 10.1 Å².